The molecule has 108 heavy (non-hydrogen) atoms. The molecule has 1 aromatic rings. The van der Waals surface area contributed by atoms with Gasteiger partial charge in [0.2, 0.25) is 47.3 Å². The van der Waals surface area contributed by atoms with E-state index in [2.05, 4.69) is 54.8 Å². The van der Waals surface area contributed by atoms with Crippen LogP contribution in [0.25, 0.3) is 0 Å². The number of nitrogens with one attached hydrogen (secondary N) is 8. The van der Waals surface area contributed by atoms with Crippen molar-refractivity contribution in [2.45, 2.75) is 220 Å². The summed E-state index contributed by atoms with van der Waals surface area (Å²) in [5, 5.41) is 110. The van der Waals surface area contributed by atoms with E-state index in [4.69, 9.17) is 61.7 Å². The lowest BCUT2D eigenvalue weighted by molar-refractivity contribution is -0.272. The molecule has 4 aliphatic rings. The summed E-state index contributed by atoms with van der Waals surface area (Å²) in [4.78, 5) is 109. The molecule has 17 atom stereocenters. The smallest absolute Gasteiger partial charge is 0.243 e. The van der Waals surface area contributed by atoms with Gasteiger partial charge in [0.15, 0.2) is 18.9 Å². The third-order valence-electron chi connectivity index (χ3n) is 18.3. The number of hydrogen-bond donors (Lipinski definition) is 17. The molecule has 38 heteroatoms. The minimum Gasteiger partial charge on any atom is -0.394 e. The summed E-state index contributed by atoms with van der Waals surface area (Å²) in [6.07, 6.45) is -12.6. The Labute approximate surface area is 628 Å². The molecule has 17 N–H and O–H groups in total. The van der Waals surface area contributed by atoms with Gasteiger partial charge in [-0.3, -0.25) is 43.2 Å². The molecule has 3 aliphatic heterocycles. The fourth-order valence-electron chi connectivity index (χ4n) is 12.6. The molecule has 0 radical (unpaired) electrons. The van der Waals surface area contributed by atoms with E-state index in [0.717, 1.165) is 32.1 Å². The number of hydrogen-bond acceptors (Lipinski definition) is 30. The fourth-order valence-corrected chi connectivity index (χ4v) is 12.6. The zero-order valence-corrected chi connectivity index (χ0v) is 62.0. The van der Waals surface area contributed by atoms with Crippen LogP contribution in [-0.4, -0.2) is 335 Å². The van der Waals surface area contributed by atoms with E-state index in [0.29, 0.717) is 5.92 Å². The minimum atomic E-state index is -1.48. The lowest BCUT2D eigenvalue weighted by Crippen LogP contribution is -2.64. The van der Waals surface area contributed by atoms with Crippen molar-refractivity contribution >= 4 is 47.3 Å². The van der Waals surface area contributed by atoms with Crippen molar-refractivity contribution in [1.82, 2.24) is 42.7 Å². The number of hydroxylamine groups is 1. The highest BCUT2D eigenvalue weighted by Gasteiger charge is 2.48. The predicted molar refractivity (Wildman–Crippen MR) is 376 cm³/mol. The molecule has 3 saturated heterocycles. The molecule has 0 spiro atoms. The summed E-state index contributed by atoms with van der Waals surface area (Å²) >= 11 is 0. The Morgan fingerprint density at radius 3 is 1.13 bits per heavy atom. The molecule has 5 rings (SSSR count). The Kier molecular flexibility index (Phi) is 44.9. The van der Waals surface area contributed by atoms with Gasteiger partial charge in [0, 0.05) is 78.0 Å². The summed E-state index contributed by atoms with van der Waals surface area (Å²) in [6, 6.07) is 6.90. The zero-order valence-electron chi connectivity index (χ0n) is 62.0. The number of aliphatic hydroxyl groups excluding tert-OH is 9. The van der Waals surface area contributed by atoms with E-state index in [1.165, 1.54) is 26.3 Å². The van der Waals surface area contributed by atoms with Gasteiger partial charge in [-0.1, -0.05) is 36.8 Å². The van der Waals surface area contributed by atoms with Crippen molar-refractivity contribution in [3.05, 3.63) is 35.9 Å². The first-order valence-electron chi connectivity index (χ1n) is 37.1. The molecule has 0 bridgehead atoms. The Morgan fingerprint density at radius 2 is 0.769 bits per heavy atom. The first-order chi connectivity index (χ1) is 52.0. The zero-order chi connectivity index (χ0) is 78.6. The van der Waals surface area contributed by atoms with Crippen LogP contribution in [0.1, 0.15) is 122 Å². The summed E-state index contributed by atoms with van der Waals surface area (Å²) in [5.74, 6) is -3.38. The Balaban J connectivity index is 1.14. The van der Waals surface area contributed by atoms with Crippen LogP contribution in [-0.2, 0) is 100 Å². The van der Waals surface area contributed by atoms with Gasteiger partial charge in [-0.25, -0.2) is 5.48 Å². The predicted octanol–water partition coefficient (Wildman–Crippen LogP) is -5.15. The second-order valence-electron chi connectivity index (χ2n) is 26.7. The molecule has 1 saturated carbocycles. The molecule has 1 aromatic carbocycles. The Hall–Kier alpha value is -5.90. The van der Waals surface area contributed by atoms with Gasteiger partial charge in [-0.2, -0.15) is 0 Å². The van der Waals surface area contributed by atoms with Crippen LogP contribution in [0.4, 0.5) is 0 Å². The van der Waals surface area contributed by atoms with Crippen molar-refractivity contribution in [3.8, 4) is 0 Å². The van der Waals surface area contributed by atoms with Crippen molar-refractivity contribution in [1.29, 1.82) is 0 Å². The monoisotopic (exact) mass is 1550 g/mol. The van der Waals surface area contributed by atoms with Crippen LogP contribution in [0.5, 0.6) is 0 Å². The van der Waals surface area contributed by atoms with Crippen LogP contribution in [0.15, 0.2) is 30.3 Å². The van der Waals surface area contributed by atoms with E-state index in [1.807, 2.05) is 18.2 Å². The van der Waals surface area contributed by atoms with E-state index < -0.39 is 165 Å². The molecule has 17 unspecified atom stereocenters. The summed E-state index contributed by atoms with van der Waals surface area (Å²) in [7, 11) is 0. The van der Waals surface area contributed by atoms with Gasteiger partial charge in [0.25, 0.3) is 0 Å². The molecule has 618 valence electrons. The van der Waals surface area contributed by atoms with Crippen LogP contribution in [0, 0.1) is 0 Å². The van der Waals surface area contributed by atoms with E-state index in [1.54, 1.807) is 0 Å². The highest BCUT2D eigenvalue weighted by molar-refractivity contribution is 5.81. The lowest BCUT2D eigenvalue weighted by Gasteiger charge is -2.42. The maximum absolute atomic E-state index is 14.1. The van der Waals surface area contributed by atoms with Gasteiger partial charge < -0.3 is 140 Å². The molecule has 0 aromatic heterocycles. The van der Waals surface area contributed by atoms with E-state index in [9.17, 15) is 84.3 Å². The Morgan fingerprint density at radius 1 is 0.417 bits per heavy atom. The lowest BCUT2D eigenvalue weighted by atomic mass is 9.82. The van der Waals surface area contributed by atoms with E-state index >= 15 is 0 Å². The second kappa shape index (κ2) is 52.4. The highest BCUT2D eigenvalue weighted by Crippen LogP contribution is 2.33. The molecule has 4 fully saturated rings. The minimum absolute atomic E-state index is 0.0331. The average Bonchev–Trinajstić information content (AvgIpc) is 0.890. The summed E-state index contributed by atoms with van der Waals surface area (Å²) in [5.41, 5.74) is 2.49. The van der Waals surface area contributed by atoms with Gasteiger partial charge in [0.1, 0.15) is 73.1 Å². The van der Waals surface area contributed by atoms with Crippen molar-refractivity contribution < 1.29 is 146 Å². The number of ether oxygens (including phenoxy) is 12. The van der Waals surface area contributed by atoms with Crippen LogP contribution >= 0.6 is 0 Å². The van der Waals surface area contributed by atoms with Gasteiger partial charge >= 0.3 is 0 Å². The number of amides is 8. The third kappa shape index (κ3) is 34.8. The first-order valence-corrected chi connectivity index (χ1v) is 37.1. The van der Waals surface area contributed by atoms with Crippen molar-refractivity contribution in [3.63, 3.8) is 0 Å². The molecule has 1 aliphatic carbocycles. The van der Waals surface area contributed by atoms with Gasteiger partial charge in [0.05, 0.1) is 125 Å². The summed E-state index contributed by atoms with van der Waals surface area (Å²) < 4.78 is 67.3. The number of benzene rings is 1. The topological polar surface area (TPSA) is 535 Å². The maximum Gasteiger partial charge on any atom is 0.243 e. The molecular formula is C70H118N8O30. The van der Waals surface area contributed by atoms with Crippen LogP contribution < -0.4 is 42.7 Å². The van der Waals surface area contributed by atoms with Crippen molar-refractivity contribution in [2.24, 2.45) is 0 Å². The first kappa shape index (κ1) is 92.7. The average molecular weight is 1550 g/mol. The quantitative estimate of drug-likeness (QED) is 0.0165. The summed E-state index contributed by atoms with van der Waals surface area (Å²) in [6.45, 7) is 2.74. The van der Waals surface area contributed by atoms with Gasteiger partial charge in [-0.05, 0) is 62.8 Å². The largest absolute Gasteiger partial charge is 0.394 e. The highest BCUT2D eigenvalue weighted by atomic mass is 16.7. The molecular weight excluding hydrogens is 1430 g/mol. The SMILES string of the molecule is CC(=O)NC1C(OCCOCCOCCNC(=O)CCC(CCC(=O)NCCOCCOCCOC2OC(CO)C(O)C(O)C2NC(C)=O)(CCC(=O)NCCOCCOCCOC2OC(CO)C(O)C(O)C2NC(C)=O)NC(=O)CCCC(=O)NOC2CCCC(c3ccccc3)CC2)OC(CO)C(O)C1O. The van der Waals surface area contributed by atoms with Crippen molar-refractivity contribution in [2.75, 3.05) is 139 Å². The Bertz CT molecular complexity index is 2550. The number of rotatable bonds is 53. The molecule has 8 amide bonds. The normalized spacial score (nSPS) is 27.1. The van der Waals surface area contributed by atoms with Crippen LogP contribution in [0.3, 0.4) is 0 Å². The third-order valence-corrected chi connectivity index (χ3v) is 18.3. The number of carbonyl (C=O) groups is 8. The number of carbonyl (C=O) groups excluding carboxylic acids is 8. The fraction of sp³-hybridized carbons (Fsp3) is 0.800. The number of aliphatic hydroxyl groups is 9. The molecule has 38 nitrogen and oxygen atoms in total. The van der Waals surface area contributed by atoms with Gasteiger partial charge in [-0.15, -0.1) is 0 Å². The van der Waals surface area contributed by atoms with Crippen LogP contribution in [0.2, 0.25) is 0 Å². The maximum atomic E-state index is 14.1. The molecule has 3 heterocycles. The van der Waals surface area contributed by atoms with E-state index in [-0.39, 0.29) is 183 Å². The standard InChI is InChI=1S/C70H118N8O30/c1-44(82)74-58-64(93)61(90)50(41-79)105-67(58)102-38-35-99-32-29-96-26-23-71-53(85)17-20-70(77-56(88)13-8-14-57(89)78-108-49-12-7-11-48(15-16-49)47-9-5-4-6-10-47,21-18-54(86)72-24-27-97-30-33-100-36-39-103-68-59(75-45(2)83)65(94)62(91)51(42-80)106-68)22-19-55(87)73-25-28-98-31-34-101-37-40-104-69-60(76-46(3)84)66(95)63(92)52(43-81)107-69/h4-6,9-10,48-52,58-69,79-81,90-95H,7-8,11-43H2,1-3H3,(H,71,85)(H,72,86)(H,73,87)(H,74,82)(H,75,83)(H,76,84)(H,77,88)(H,78,89). The second-order valence-corrected chi connectivity index (χ2v) is 26.7.